The summed E-state index contributed by atoms with van der Waals surface area (Å²) in [4.78, 5) is 19.3. The molecule has 122 valence electrons. The molecule has 1 N–H and O–H groups in total. The molecular weight excluding hydrogens is 298 g/mol. The van der Waals surface area contributed by atoms with Gasteiger partial charge < -0.3 is 4.90 Å². The van der Waals surface area contributed by atoms with Crippen molar-refractivity contribution >= 4 is 17.3 Å². The molecule has 2 heterocycles. The first-order valence-corrected chi connectivity index (χ1v) is 8.03. The number of para-hydroxylation sites is 1. The minimum absolute atomic E-state index is 0.0274. The van der Waals surface area contributed by atoms with Crippen molar-refractivity contribution in [2.24, 2.45) is 4.99 Å². The van der Waals surface area contributed by atoms with Gasteiger partial charge in [-0.3, -0.25) is 15.1 Å². The molecule has 4 nitrogen and oxygen atoms in total. The summed E-state index contributed by atoms with van der Waals surface area (Å²) in [6, 6.07) is 16.3. The van der Waals surface area contributed by atoms with E-state index < -0.39 is 6.17 Å². The van der Waals surface area contributed by atoms with Gasteiger partial charge in [-0.2, -0.15) is 0 Å². The zero-order chi connectivity index (χ0) is 17.1. The lowest BCUT2D eigenvalue weighted by Crippen LogP contribution is -2.43. The van der Waals surface area contributed by atoms with Crippen LogP contribution in [-0.2, 0) is 11.2 Å². The molecule has 0 saturated carbocycles. The van der Waals surface area contributed by atoms with Crippen LogP contribution in [0.1, 0.15) is 16.7 Å². The van der Waals surface area contributed by atoms with E-state index in [1.165, 1.54) is 5.56 Å². The number of carbonyl (C=O) groups excluding carboxylic acids is 1. The molecule has 1 atom stereocenters. The first-order chi connectivity index (χ1) is 11.8. The van der Waals surface area contributed by atoms with Crippen LogP contribution in [0, 0.1) is 0 Å². The fraction of sp³-hybridized carbons (Fsp3) is 0.200. The van der Waals surface area contributed by atoms with Crippen LogP contribution in [0.3, 0.4) is 0 Å². The van der Waals surface area contributed by atoms with Gasteiger partial charge in [0.15, 0.2) is 6.17 Å². The third-order valence-corrected chi connectivity index (χ3v) is 4.33. The van der Waals surface area contributed by atoms with E-state index >= 15 is 0 Å². The Balaban J connectivity index is 0.000000815. The Labute approximate surface area is 142 Å². The molecule has 0 aromatic heterocycles. The number of carbonyl (C=O) groups is 1. The van der Waals surface area contributed by atoms with E-state index in [-0.39, 0.29) is 5.91 Å². The Kier molecular flexibility index (Phi) is 4.58. The number of amides is 1. The van der Waals surface area contributed by atoms with E-state index in [9.17, 15) is 4.79 Å². The average molecular weight is 319 g/mol. The molecule has 2 aliphatic heterocycles. The number of nitrogens with zero attached hydrogens (tertiary/aromatic N) is 2. The first kappa shape index (κ1) is 16.1. The van der Waals surface area contributed by atoms with E-state index in [0.29, 0.717) is 0 Å². The summed E-state index contributed by atoms with van der Waals surface area (Å²) in [6.07, 6.45) is 0.376. The Bertz CT molecular complexity index is 783. The maximum atomic E-state index is 12.7. The third-order valence-electron chi connectivity index (χ3n) is 4.33. The zero-order valence-corrected chi connectivity index (χ0v) is 13.8. The van der Waals surface area contributed by atoms with Crippen molar-refractivity contribution in [2.45, 2.75) is 12.6 Å². The van der Waals surface area contributed by atoms with Crippen LogP contribution in [0.2, 0.25) is 0 Å². The van der Waals surface area contributed by atoms with Crippen molar-refractivity contribution in [3.8, 4) is 0 Å². The summed E-state index contributed by atoms with van der Waals surface area (Å²) >= 11 is 0. The van der Waals surface area contributed by atoms with Crippen LogP contribution >= 0.6 is 0 Å². The second kappa shape index (κ2) is 6.81. The van der Waals surface area contributed by atoms with Gasteiger partial charge in [-0.1, -0.05) is 48.5 Å². The maximum absolute atomic E-state index is 12.7. The minimum atomic E-state index is -0.534. The summed E-state index contributed by atoms with van der Waals surface area (Å²) in [5.41, 5.74) is 5.23. The van der Waals surface area contributed by atoms with E-state index in [1.54, 1.807) is 7.05 Å². The van der Waals surface area contributed by atoms with Crippen LogP contribution in [0.25, 0.3) is 0 Å². The SMILES string of the molecule is C=C.CNC1N=C(c2ccccc2)c2cccc3c2N(CC3)C1=O. The largest absolute Gasteiger partial charge is 0.308 e. The molecule has 0 bridgehead atoms. The summed E-state index contributed by atoms with van der Waals surface area (Å²) in [7, 11) is 1.78. The van der Waals surface area contributed by atoms with Crippen molar-refractivity contribution in [3.05, 3.63) is 78.4 Å². The van der Waals surface area contributed by atoms with Gasteiger partial charge in [-0.25, -0.2) is 0 Å². The number of benzene rings is 2. The fourth-order valence-corrected chi connectivity index (χ4v) is 3.28. The van der Waals surface area contributed by atoms with Crippen LogP contribution in [0.4, 0.5) is 5.69 Å². The molecule has 0 saturated heterocycles. The second-order valence-corrected chi connectivity index (χ2v) is 5.59. The lowest BCUT2D eigenvalue weighted by atomic mass is 9.98. The Morgan fingerprint density at radius 2 is 1.88 bits per heavy atom. The summed E-state index contributed by atoms with van der Waals surface area (Å²) in [5, 5.41) is 3.04. The quantitative estimate of drug-likeness (QED) is 0.865. The highest BCUT2D eigenvalue weighted by Gasteiger charge is 2.35. The van der Waals surface area contributed by atoms with E-state index in [2.05, 4.69) is 36.7 Å². The predicted molar refractivity (Wildman–Crippen MR) is 98.7 cm³/mol. The number of anilines is 1. The summed E-state index contributed by atoms with van der Waals surface area (Å²) in [5.74, 6) is 0.0274. The monoisotopic (exact) mass is 319 g/mol. The third kappa shape index (κ3) is 2.55. The standard InChI is InChI=1S/C18H17N3O.C2H4/c1-19-17-18(22)21-11-10-13-8-5-9-14(16(13)21)15(20-17)12-6-3-2-4-7-12;1-2/h2-9,17,19H,10-11H2,1H3;1-2H2. The van der Waals surface area contributed by atoms with E-state index in [4.69, 9.17) is 4.99 Å². The zero-order valence-electron chi connectivity index (χ0n) is 13.8. The molecule has 0 fully saturated rings. The second-order valence-electron chi connectivity index (χ2n) is 5.59. The summed E-state index contributed by atoms with van der Waals surface area (Å²) < 4.78 is 0. The van der Waals surface area contributed by atoms with Gasteiger partial charge in [0.1, 0.15) is 0 Å². The van der Waals surface area contributed by atoms with Crippen molar-refractivity contribution < 1.29 is 4.79 Å². The molecular formula is C20H21N3O. The molecule has 2 aromatic rings. The maximum Gasteiger partial charge on any atom is 0.266 e. The van der Waals surface area contributed by atoms with Crippen LogP contribution in [0.15, 0.2) is 66.7 Å². The topological polar surface area (TPSA) is 44.7 Å². The normalized spacial score (nSPS) is 18.2. The molecule has 1 amide bonds. The number of hydrogen-bond donors (Lipinski definition) is 1. The number of nitrogens with one attached hydrogen (secondary N) is 1. The van der Waals surface area contributed by atoms with Crippen LogP contribution in [-0.4, -0.2) is 31.4 Å². The van der Waals surface area contributed by atoms with Crippen molar-refractivity contribution in [2.75, 3.05) is 18.5 Å². The Hall–Kier alpha value is -2.72. The van der Waals surface area contributed by atoms with Gasteiger partial charge in [0.2, 0.25) is 0 Å². The smallest absolute Gasteiger partial charge is 0.266 e. The highest BCUT2D eigenvalue weighted by molar-refractivity contribution is 6.20. The summed E-state index contributed by atoms with van der Waals surface area (Å²) in [6.45, 7) is 6.74. The van der Waals surface area contributed by atoms with Crippen molar-refractivity contribution in [3.63, 3.8) is 0 Å². The highest BCUT2D eigenvalue weighted by atomic mass is 16.2. The van der Waals surface area contributed by atoms with Gasteiger partial charge in [0.25, 0.3) is 5.91 Å². The van der Waals surface area contributed by atoms with Crippen LogP contribution < -0.4 is 10.2 Å². The molecule has 1 unspecified atom stereocenters. The molecule has 2 aliphatic rings. The van der Waals surface area contributed by atoms with Crippen molar-refractivity contribution in [1.29, 1.82) is 0 Å². The first-order valence-electron chi connectivity index (χ1n) is 8.03. The molecule has 2 aromatic carbocycles. The van der Waals surface area contributed by atoms with E-state index in [0.717, 1.165) is 35.5 Å². The average Bonchev–Trinajstić information content (AvgIpc) is 3.04. The number of rotatable bonds is 2. The van der Waals surface area contributed by atoms with Gasteiger partial charge in [-0.05, 0) is 19.0 Å². The number of likely N-dealkylation sites (N-methyl/N-ethyl adjacent to an activating group) is 1. The lowest BCUT2D eigenvalue weighted by molar-refractivity contribution is -0.120. The highest BCUT2D eigenvalue weighted by Crippen LogP contribution is 2.35. The molecule has 4 rings (SSSR count). The van der Waals surface area contributed by atoms with Gasteiger partial charge in [-0.15, -0.1) is 13.2 Å². The van der Waals surface area contributed by atoms with Gasteiger partial charge >= 0.3 is 0 Å². The molecule has 0 aliphatic carbocycles. The molecule has 4 heteroatoms. The van der Waals surface area contributed by atoms with Gasteiger partial charge in [0.05, 0.1) is 11.4 Å². The molecule has 24 heavy (non-hydrogen) atoms. The van der Waals surface area contributed by atoms with Crippen LogP contribution in [0.5, 0.6) is 0 Å². The molecule has 0 spiro atoms. The fourth-order valence-electron chi connectivity index (χ4n) is 3.28. The minimum Gasteiger partial charge on any atom is -0.308 e. The lowest BCUT2D eigenvalue weighted by Gasteiger charge is -2.19. The number of aliphatic imine (C=N–C) groups is 1. The van der Waals surface area contributed by atoms with E-state index in [1.807, 2.05) is 35.2 Å². The number of hydrogen-bond acceptors (Lipinski definition) is 3. The Morgan fingerprint density at radius 1 is 1.12 bits per heavy atom. The predicted octanol–water partition coefficient (Wildman–Crippen LogP) is 2.77. The van der Waals surface area contributed by atoms with Gasteiger partial charge in [0, 0.05) is 17.7 Å². The molecule has 0 radical (unpaired) electrons. The Morgan fingerprint density at radius 3 is 2.58 bits per heavy atom. The van der Waals surface area contributed by atoms with Crippen molar-refractivity contribution in [1.82, 2.24) is 5.32 Å².